The van der Waals surface area contributed by atoms with Gasteiger partial charge in [-0.2, -0.15) is 0 Å². The second-order valence-electron chi connectivity index (χ2n) is 6.93. The molecule has 1 N–H and O–H groups in total. The molecule has 0 aliphatic carbocycles. The first-order chi connectivity index (χ1) is 15.5. The molecular weight excluding hydrogens is 464 g/mol. The number of nitrogens with one attached hydrogen (secondary N) is 1. The Bertz CT molecular complexity index is 1290. The molecule has 0 spiro atoms. The number of pyridine rings is 1. The van der Waals surface area contributed by atoms with Crippen LogP contribution < -0.4 is 5.32 Å². The zero-order valence-corrected chi connectivity index (χ0v) is 19.9. The molecule has 2 heterocycles. The summed E-state index contributed by atoms with van der Waals surface area (Å²) in [6, 6.07) is 12.4. The SMILES string of the molecule is CCN(CC)S(=O)c1cc(NC(=O)c2ccc3cc(-c4nccs4)cnc3c2)ccc1Cl. The molecule has 0 radical (unpaired) electrons. The first-order valence-electron chi connectivity index (χ1n) is 10.1. The zero-order valence-electron chi connectivity index (χ0n) is 17.5. The molecule has 32 heavy (non-hydrogen) atoms. The van der Waals surface area contributed by atoms with E-state index in [9.17, 15) is 9.00 Å². The number of nitrogens with zero attached hydrogens (tertiary/aromatic N) is 3. The summed E-state index contributed by atoms with van der Waals surface area (Å²) in [5, 5.41) is 7.03. The highest BCUT2D eigenvalue weighted by atomic mass is 35.5. The number of fused-ring (bicyclic) bond motifs is 1. The number of thiazole rings is 1. The molecule has 1 atom stereocenters. The summed E-state index contributed by atoms with van der Waals surface area (Å²) < 4.78 is 14.6. The predicted molar refractivity (Wildman–Crippen MR) is 132 cm³/mol. The fourth-order valence-corrected chi connectivity index (χ4v) is 5.41. The zero-order chi connectivity index (χ0) is 22.7. The van der Waals surface area contributed by atoms with E-state index >= 15 is 0 Å². The maximum atomic E-state index is 12.9. The Morgan fingerprint density at radius 1 is 1.12 bits per heavy atom. The maximum absolute atomic E-state index is 12.9. The Morgan fingerprint density at radius 3 is 2.66 bits per heavy atom. The molecule has 0 fully saturated rings. The van der Waals surface area contributed by atoms with Crippen molar-refractivity contribution in [1.29, 1.82) is 0 Å². The van der Waals surface area contributed by atoms with Crippen LogP contribution >= 0.6 is 22.9 Å². The number of anilines is 1. The van der Waals surface area contributed by atoms with Gasteiger partial charge in [-0.15, -0.1) is 11.3 Å². The van der Waals surface area contributed by atoms with Crippen molar-refractivity contribution >= 4 is 56.4 Å². The molecule has 9 heteroatoms. The molecule has 1 unspecified atom stereocenters. The van der Waals surface area contributed by atoms with Crippen molar-refractivity contribution < 1.29 is 9.00 Å². The van der Waals surface area contributed by atoms with Gasteiger partial charge in [0.2, 0.25) is 0 Å². The van der Waals surface area contributed by atoms with Crippen LogP contribution in [0.4, 0.5) is 5.69 Å². The quantitative estimate of drug-likeness (QED) is 0.369. The lowest BCUT2D eigenvalue weighted by molar-refractivity contribution is 0.102. The molecule has 164 valence electrons. The van der Waals surface area contributed by atoms with Crippen LogP contribution in [0.25, 0.3) is 21.5 Å². The number of benzene rings is 2. The highest BCUT2D eigenvalue weighted by molar-refractivity contribution is 7.82. The Hall–Kier alpha value is -2.65. The van der Waals surface area contributed by atoms with Crippen LogP contribution in [0.5, 0.6) is 0 Å². The minimum absolute atomic E-state index is 0.278. The predicted octanol–water partition coefficient (Wildman–Crippen LogP) is 5.63. The summed E-state index contributed by atoms with van der Waals surface area (Å²) in [5.41, 5.74) is 2.67. The lowest BCUT2D eigenvalue weighted by Gasteiger charge is -2.18. The molecule has 0 aliphatic heterocycles. The number of hydrogen-bond donors (Lipinski definition) is 1. The molecular formula is C23H21ClN4O2S2. The highest BCUT2D eigenvalue weighted by Crippen LogP contribution is 2.27. The standard InChI is InChI=1S/C23H21ClN4O2S2/c1-3-28(4-2)32(30)21-13-18(7-8-19(21)24)27-22(29)16-6-5-15-11-17(14-26-20(15)12-16)23-25-9-10-31-23/h5-14H,3-4H2,1-2H3,(H,27,29). The molecule has 6 nitrogen and oxygen atoms in total. The van der Waals surface area contributed by atoms with Gasteiger partial charge >= 0.3 is 0 Å². The van der Waals surface area contributed by atoms with Crippen molar-refractivity contribution in [2.24, 2.45) is 0 Å². The van der Waals surface area contributed by atoms with Crippen LogP contribution in [-0.4, -0.2) is 37.5 Å². The Morgan fingerprint density at radius 2 is 1.94 bits per heavy atom. The van der Waals surface area contributed by atoms with Crippen LogP contribution in [0.3, 0.4) is 0 Å². The van der Waals surface area contributed by atoms with Gasteiger partial charge in [-0.05, 0) is 36.4 Å². The fourth-order valence-electron chi connectivity index (χ4n) is 3.26. The van der Waals surface area contributed by atoms with Crippen molar-refractivity contribution in [3.63, 3.8) is 0 Å². The van der Waals surface area contributed by atoms with Crippen molar-refractivity contribution in [3.05, 3.63) is 70.8 Å². The number of carbonyl (C=O) groups excluding carboxylic acids is 1. The van der Waals surface area contributed by atoms with Crippen LogP contribution in [-0.2, 0) is 11.0 Å². The van der Waals surface area contributed by atoms with Gasteiger partial charge in [-0.3, -0.25) is 9.78 Å². The van der Waals surface area contributed by atoms with Gasteiger partial charge in [-0.1, -0.05) is 31.5 Å². The second-order valence-corrected chi connectivity index (χ2v) is 9.69. The van der Waals surface area contributed by atoms with Gasteiger partial charge in [0.1, 0.15) is 16.0 Å². The summed E-state index contributed by atoms with van der Waals surface area (Å²) in [7, 11) is -1.40. The molecule has 2 aromatic heterocycles. The minimum Gasteiger partial charge on any atom is -0.322 e. The van der Waals surface area contributed by atoms with Gasteiger partial charge < -0.3 is 5.32 Å². The Kier molecular flexibility index (Phi) is 6.95. The van der Waals surface area contributed by atoms with Crippen molar-refractivity contribution in [1.82, 2.24) is 14.3 Å². The average Bonchev–Trinajstić information content (AvgIpc) is 3.35. The lowest BCUT2D eigenvalue weighted by Crippen LogP contribution is -2.25. The molecule has 4 rings (SSSR count). The maximum Gasteiger partial charge on any atom is 0.255 e. The monoisotopic (exact) mass is 484 g/mol. The summed E-state index contributed by atoms with van der Waals surface area (Å²) in [4.78, 5) is 22.1. The molecule has 0 aliphatic rings. The van der Waals surface area contributed by atoms with E-state index in [1.807, 2.05) is 31.4 Å². The summed E-state index contributed by atoms with van der Waals surface area (Å²) in [6.07, 6.45) is 3.52. The van der Waals surface area contributed by atoms with Gasteiger partial charge in [0.15, 0.2) is 0 Å². The van der Waals surface area contributed by atoms with Crippen LogP contribution in [0.1, 0.15) is 24.2 Å². The van der Waals surface area contributed by atoms with Crippen molar-refractivity contribution in [3.8, 4) is 10.6 Å². The van der Waals surface area contributed by atoms with E-state index in [1.165, 1.54) is 0 Å². The van der Waals surface area contributed by atoms with Crippen LogP contribution in [0.15, 0.2) is 65.1 Å². The molecule has 0 saturated carbocycles. The smallest absolute Gasteiger partial charge is 0.255 e. The van der Waals surface area contributed by atoms with Crippen molar-refractivity contribution in [2.45, 2.75) is 18.7 Å². The van der Waals surface area contributed by atoms with Gasteiger partial charge in [-0.25, -0.2) is 13.5 Å². The van der Waals surface area contributed by atoms with E-state index in [-0.39, 0.29) is 5.91 Å². The molecule has 1 amide bonds. The molecule has 4 aromatic rings. The summed E-state index contributed by atoms with van der Waals surface area (Å²) in [5.74, 6) is -0.278. The summed E-state index contributed by atoms with van der Waals surface area (Å²) in [6.45, 7) is 5.14. The number of amides is 1. The van der Waals surface area contributed by atoms with E-state index in [4.69, 9.17) is 11.6 Å². The topological polar surface area (TPSA) is 75.2 Å². The van der Waals surface area contributed by atoms with E-state index in [0.29, 0.717) is 34.3 Å². The Balaban J connectivity index is 1.56. The minimum atomic E-state index is -1.40. The van der Waals surface area contributed by atoms with Crippen molar-refractivity contribution in [2.75, 3.05) is 18.4 Å². The van der Waals surface area contributed by atoms with E-state index < -0.39 is 11.0 Å². The van der Waals surface area contributed by atoms with Crippen LogP contribution in [0.2, 0.25) is 5.02 Å². The number of halogens is 1. The van der Waals surface area contributed by atoms with Crippen LogP contribution in [0, 0.1) is 0 Å². The van der Waals surface area contributed by atoms with Gasteiger partial charge in [0.25, 0.3) is 5.91 Å². The lowest BCUT2D eigenvalue weighted by atomic mass is 10.1. The van der Waals surface area contributed by atoms with E-state index in [1.54, 1.807) is 58.4 Å². The first-order valence-corrected chi connectivity index (χ1v) is 12.4. The highest BCUT2D eigenvalue weighted by Gasteiger charge is 2.17. The third-order valence-electron chi connectivity index (χ3n) is 4.94. The van der Waals surface area contributed by atoms with E-state index in [0.717, 1.165) is 21.5 Å². The molecule has 0 bridgehead atoms. The number of carbonyl (C=O) groups is 1. The largest absolute Gasteiger partial charge is 0.322 e. The second kappa shape index (κ2) is 9.87. The van der Waals surface area contributed by atoms with E-state index in [2.05, 4.69) is 15.3 Å². The number of aromatic nitrogens is 2. The first kappa shape index (κ1) is 22.5. The molecule has 2 aromatic carbocycles. The van der Waals surface area contributed by atoms with Gasteiger partial charge in [0.05, 0.1) is 15.4 Å². The summed E-state index contributed by atoms with van der Waals surface area (Å²) >= 11 is 7.83. The third kappa shape index (κ3) is 4.73. The Labute approximate surface area is 197 Å². The fraction of sp³-hybridized carbons (Fsp3) is 0.174. The van der Waals surface area contributed by atoms with Gasteiger partial charge in [0, 0.05) is 53.1 Å². The number of hydrogen-bond acceptors (Lipinski definition) is 5. The average molecular weight is 485 g/mol. The third-order valence-corrected chi connectivity index (χ3v) is 7.91. The normalized spacial score (nSPS) is 12.2. The number of rotatable bonds is 7. The molecule has 0 saturated heterocycles.